The Morgan fingerprint density at radius 3 is 3.00 bits per heavy atom. The largest absolute Gasteiger partial charge is 0.476 e. The number of nitrogens with zero attached hydrogens (tertiary/aromatic N) is 3. The summed E-state index contributed by atoms with van der Waals surface area (Å²) in [5.74, 6) is -0.0657. The van der Waals surface area contributed by atoms with Gasteiger partial charge in [0.05, 0.1) is 5.69 Å². The summed E-state index contributed by atoms with van der Waals surface area (Å²) in [4.78, 5) is 20.0. The van der Waals surface area contributed by atoms with Crippen LogP contribution in [0.2, 0.25) is 0 Å². The molecule has 0 fully saturated rings. The highest BCUT2D eigenvalue weighted by molar-refractivity contribution is 5.88. The lowest BCUT2D eigenvalue weighted by Crippen LogP contribution is -2.16. The Morgan fingerprint density at radius 2 is 2.32 bits per heavy atom. The second kappa shape index (κ2) is 4.50. The third kappa shape index (κ3) is 1.91. The highest BCUT2D eigenvalue weighted by Gasteiger charge is 2.29. The summed E-state index contributed by atoms with van der Waals surface area (Å²) in [6.07, 6.45) is 3.75. The zero-order chi connectivity index (χ0) is 13.4. The van der Waals surface area contributed by atoms with Gasteiger partial charge in [-0.05, 0) is 30.9 Å². The maximum absolute atomic E-state index is 11.4. The fourth-order valence-corrected chi connectivity index (χ4v) is 2.73. The Kier molecular flexibility index (Phi) is 2.81. The van der Waals surface area contributed by atoms with Gasteiger partial charge in [0.15, 0.2) is 11.5 Å². The number of fused-ring (bicyclic) bond motifs is 1. The van der Waals surface area contributed by atoms with Crippen LogP contribution >= 0.6 is 0 Å². The van der Waals surface area contributed by atoms with Crippen LogP contribution in [0.3, 0.4) is 0 Å². The molecule has 2 aromatic heterocycles. The molecule has 1 atom stereocenters. The first-order valence-corrected chi connectivity index (χ1v) is 6.43. The second-order valence-electron chi connectivity index (χ2n) is 4.88. The first kappa shape index (κ1) is 11.9. The van der Waals surface area contributed by atoms with E-state index in [0.717, 1.165) is 30.8 Å². The van der Waals surface area contributed by atoms with Crippen molar-refractivity contribution in [1.29, 1.82) is 0 Å². The molecule has 0 radical (unpaired) electrons. The van der Waals surface area contributed by atoms with E-state index < -0.39 is 5.97 Å². The molecule has 1 unspecified atom stereocenters. The summed E-state index contributed by atoms with van der Waals surface area (Å²) in [5.41, 5.74) is 1.73. The predicted octanol–water partition coefficient (Wildman–Crippen LogP) is 2.54. The third-order valence-corrected chi connectivity index (χ3v) is 3.59. The van der Waals surface area contributed by atoms with Crippen molar-refractivity contribution in [2.24, 2.45) is 0 Å². The molecule has 0 spiro atoms. The molecule has 19 heavy (non-hydrogen) atoms. The molecule has 1 aliphatic heterocycles. The number of hydrogen-bond acceptors (Lipinski definition) is 3. The molecule has 3 rings (SSSR count). The van der Waals surface area contributed by atoms with Gasteiger partial charge >= 0.3 is 5.97 Å². The van der Waals surface area contributed by atoms with Crippen LogP contribution in [0, 0.1) is 0 Å². The topological polar surface area (TPSA) is 68.0 Å². The normalized spacial score (nSPS) is 18.1. The lowest BCUT2D eigenvalue weighted by atomic mass is 9.96. The number of carboxylic acid groups (broad SMARTS) is 1. The van der Waals surface area contributed by atoms with E-state index in [4.69, 9.17) is 0 Å². The van der Waals surface area contributed by atoms with Crippen molar-refractivity contribution in [2.45, 2.75) is 32.2 Å². The van der Waals surface area contributed by atoms with Crippen LogP contribution in [-0.4, -0.2) is 25.6 Å². The van der Waals surface area contributed by atoms with Gasteiger partial charge in [-0.1, -0.05) is 13.0 Å². The van der Waals surface area contributed by atoms with Crippen molar-refractivity contribution in [2.75, 3.05) is 0 Å². The molecule has 3 heterocycles. The first-order chi connectivity index (χ1) is 9.18. The summed E-state index contributed by atoms with van der Waals surface area (Å²) in [7, 11) is 0. The number of imidazole rings is 1. The van der Waals surface area contributed by atoms with Crippen LogP contribution in [0.25, 0.3) is 11.5 Å². The van der Waals surface area contributed by atoms with Crippen molar-refractivity contribution >= 4 is 5.97 Å². The molecule has 0 saturated heterocycles. The Bertz CT molecular complexity index is 619. The Morgan fingerprint density at radius 1 is 1.47 bits per heavy atom. The molecular formula is C14H15N3O2. The number of aromatic nitrogens is 3. The van der Waals surface area contributed by atoms with Crippen molar-refractivity contribution < 1.29 is 9.90 Å². The zero-order valence-electron chi connectivity index (χ0n) is 10.7. The minimum absolute atomic E-state index is 0.174. The van der Waals surface area contributed by atoms with Crippen LogP contribution in [0.5, 0.6) is 0 Å². The number of rotatable bonds is 2. The van der Waals surface area contributed by atoms with E-state index in [9.17, 15) is 9.90 Å². The van der Waals surface area contributed by atoms with E-state index in [1.54, 1.807) is 6.20 Å². The number of carboxylic acids is 1. The summed E-state index contributed by atoms with van der Waals surface area (Å²) >= 11 is 0. The third-order valence-electron chi connectivity index (χ3n) is 3.59. The molecule has 0 aromatic carbocycles. The molecule has 0 aliphatic carbocycles. The Balaban J connectivity index is 2.22. The lowest BCUT2D eigenvalue weighted by Gasteiger charge is -2.22. The summed E-state index contributed by atoms with van der Waals surface area (Å²) in [6.45, 7) is 2.87. The fraction of sp³-hybridized carbons (Fsp3) is 0.357. The summed E-state index contributed by atoms with van der Waals surface area (Å²) in [5, 5.41) is 9.32. The van der Waals surface area contributed by atoms with E-state index in [1.807, 2.05) is 22.8 Å². The minimum Gasteiger partial charge on any atom is -0.476 e. The van der Waals surface area contributed by atoms with Gasteiger partial charge in [-0.2, -0.15) is 0 Å². The van der Waals surface area contributed by atoms with Crippen molar-refractivity contribution in [1.82, 2.24) is 14.5 Å². The van der Waals surface area contributed by atoms with Crippen molar-refractivity contribution in [3.8, 4) is 11.5 Å². The maximum Gasteiger partial charge on any atom is 0.356 e. The van der Waals surface area contributed by atoms with E-state index in [-0.39, 0.29) is 11.6 Å². The van der Waals surface area contributed by atoms with Gasteiger partial charge in [0.1, 0.15) is 5.69 Å². The lowest BCUT2D eigenvalue weighted by molar-refractivity contribution is 0.0688. The van der Waals surface area contributed by atoms with E-state index in [2.05, 4.69) is 16.9 Å². The molecule has 98 valence electrons. The second-order valence-corrected chi connectivity index (χ2v) is 4.88. The SMILES string of the molecule is CC1CCCn2c(-c3ccccn3)nc(C(=O)O)c21. The standard InChI is InChI=1S/C14H15N3O2/c1-9-5-4-8-17-12(9)11(14(18)19)16-13(17)10-6-2-3-7-15-10/h2-3,6-7,9H,4-5,8H2,1H3,(H,18,19). The van der Waals surface area contributed by atoms with Crippen LogP contribution in [-0.2, 0) is 6.54 Å². The van der Waals surface area contributed by atoms with Gasteiger partial charge in [-0.25, -0.2) is 9.78 Å². The average Bonchev–Trinajstić information content (AvgIpc) is 2.81. The van der Waals surface area contributed by atoms with Crippen LogP contribution < -0.4 is 0 Å². The van der Waals surface area contributed by atoms with E-state index in [1.165, 1.54) is 0 Å². The number of pyridine rings is 1. The molecule has 5 nitrogen and oxygen atoms in total. The molecule has 1 N–H and O–H groups in total. The Hall–Kier alpha value is -2.17. The highest BCUT2D eigenvalue weighted by Crippen LogP contribution is 2.33. The molecular weight excluding hydrogens is 242 g/mol. The summed E-state index contributed by atoms with van der Waals surface area (Å²) in [6, 6.07) is 5.58. The number of hydrogen-bond donors (Lipinski definition) is 1. The van der Waals surface area contributed by atoms with Gasteiger partial charge in [-0.3, -0.25) is 4.98 Å². The number of carbonyl (C=O) groups is 1. The van der Waals surface area contributed by atoms with Crippen molar-refractivity contribution in [3.63, 3.8) is 0 Å². The van der Waals surface area contributed by atoms with Gasteiger partial charge < -0.3 is 9.67 Å². The van der Waals surface area contributed by atoms with Crippen LogP contribution in [0.4, 0.5) is 0 Å². The number of aromatic carboxylic acids is 1. The molecule has 0 saturated carbocycles. The fourth-order valence-electron chi connectivity index (χ4n) is 2.73. The monoisotopic (exact) mass is 257 g/mol. The smallest absolute Gasteiger partial charge is 0.356 e. The minimum atomic E-state index is -0.959. The van der Waals surface area contributed by atoms with Crippen LogP contribution in [0.1, 0.15) is 41.9 Å². The van der Waals surface area contributed by atoms with Crippen molar-refractivity contribution in [3.05, 3.63) is 35.8 Å². The van der Waals surface area contributed by atoms with Gasteiger partial charge in [0, 0.05) is 12.7 Å². The Labute approximate surface area is 110 Å². The average molecular weight is 257 g/mol. The van der Waals surface area contributed by atoms with Gasteiger partial charge in [0.25, 0.3) is 0 Å². The molecule has 1 aliphatic rings. The quantitative estimate of drug-likeness (QED) is 0.897. The van der Waals surface area contributed by atoms with E-state index >= 15 is 0 Å². The molecule has 5 heteroatoms. The first-order valence-electron chi connectivity index (χ1n) is 6.43. The van der Waals surface area contributed by atoms with Gasteiger partial charge in [-0.15, -0.1) is 0 Å². The zero-order valence-corrected chi connectivity index (χ0v) is 10.7. The van der Waals surface area contributed by atoms with E-state index in [0.29, 0.717) is 5.82 Å². The molecule has 2 aromatic rings. The molecule has 0 bridgehead atoms. The summed E-state index contributed by atoms with van der Waals surface area (Å²) < 4.78 is 2.01. The van der Waals surface area contributed by atoms with Crippen LogP contribution in [0.15, 0.2) is 24.4 Å². The maximum atomic E-state index is 11.4. The highest BCUT2D eigenvalue weighted by atomic mass is 16.4. The molecule has 0 amide bonds. The van der Waals surface area contributed by atoms with Gasteiger partial charge in [0.2, 0.25) is 0 Å². The predicted molar refractivity (Wildman–Crippen MR) is 70.1 cm³/mol.